The molecule has 0 saturated heterocycles. The highest BCUT2D eigenvalue weighted by Gasteiger charge is 2.26. The molecule has 0 amide bonds. The van der Waals surface area contributed by atoms with Crippen LogP contribution in [0, 0.1) is 35.1 Å². The molecule has 6 rings (SSSR count). The van der Waals surface area contributed by atoms with Crippen LogP contribution >= 0.6 is 22.9 Å². The van der Waals surface area contributed by atoms with Gasteiger partial charge in [0.15, 0.2) is 27.9 Å². The maximum atomic E-state index is 11.6. The van der Waals surface area contributed by atoms with Gasteiger partial charge in [-0.3, -0.25) is 44.6 Å². The summed E-state index contributed by atoms with van der Waals surface area (Å²) in [6.07, 6.45) is 0. The molecule has 2 N–H and O–H groups in total. The molecule has 26 nitrogen and oxygen atoms in total. The second-order valence-electron chi connectivity index (χ2n) is 9.47. The van der Waals surface area contributed by atoms with Crippen molar-refractivity contribution in [3.05, 3.63) is 71.5 Å². The number of nitro groups is 3. The van der Waals surface area contributed by atoms with Crippen molar-refractivity contribution in [2.75, 3.05) is 7.05 Å². The first-order valence-electron chi connectivity index (χ1n) is 13.3. The molecule has 0 aliphatic rings. The zero-order valence-corrected chi connectivity index (χ0v) is 29.5. The molecule has 0 unspecified atom stereocenters. The Bertz CT molecular complexity index is 2580. The van der Waals surface area contributed by atoms with Gasteiger partial charge in [0, 0.05) is 31.8 Å². The predicted molar refractivity (Wildman–Crippen MR) is 173 cm³/mol. The number of hydrogen-bond acceptors (Lipinski definition) is 19. The van der Waals surface area contributed by atoms with Crippen molar-refractivity contribution in [2.24, 2.45) is 21.1 Å². The predicted octanol–water partition coefficient (Wildman–Crippen LogP) is 2.45. The number of aromatic nitrogens is 9. The van der Waals surface area contributed by atoms with Crippen LogP contribution in [0.4, 0.5) is 17.7 Å². The molecular formula is C22H20ClN13O13S3. The molecule has 0 aromatic carbocycles. The second kappa shape index (κ2) is 15.0. The molecular weight excluding hydrogens is 786 g/mol. The summed E-state index contributed by atoms with van der Waals surface area (Å²) in [4.78, 5) is 29.3. The summed E-state index contributed by atoms with van der Waals surface area (Å²) in [5, 5.41) is 51.1. The van der Waals surface area contributed by atoms with Crippen molar-refractivity contribution in [3.8, 4) is 34.8 Å². The van der Waals surface area contributed by atoms with Gasteiger partial charge in [0.05, 0.1) is 18.2 Å². The lowest BCUT2D eigenvalue weighted by atomic mass is 10.4. The lowest BCUT2D eigenvalue weighted by Gasteiger charge is -2.01. The molecule has 0 saturated carbocycles. The lowest BCUT2D eigenvalue weighted by molar-refractivity contribution is -0.402. The van der Waals surface area contributed by atoms with Crippen LogP contribution in [0.25, 0.3) is 34.8 Å². The van der Waals surface area contributed by atoms with Crippen LogP contribution in [0.1, 0.15) is 0 Å². The van der Waals surface area contributed by atoms with E-state index in [1.54, 1.807) is 11.6 Å². The van der Waals surface area contributed by atoms with Crippen molar-refractivity contribution in [1.29, 1.82) is 0 Å². The molecule has 30 heteroatoms. The van der Waals surface area contributed by atoms with Crippen LogP contribution in [0.3, 0.4) is 0 Å². The Morgan fingerprint density at radius 3 is 1.38 bits per heavy atom. The van der Waals surface area contributed by atoms with Gasteiger partial charge in [-0.15, -0.1) is 20.4 Å². The smallest absolute Gasteiger partial charge is 0.397 e. The summed E-state index contributed by atoms with van der Waals surface area (Å²) < 4.78 is 66.5. The van der Waals surface area contributed by atoms with Gasteiger partial charge in [0.2, 0.25) is 11.6 Å². The van der Waals surface area contributed by atoms with Crippen LogP contribution < -0.4 is 4.72 Å². The van der Waals surface area contributed by atoms with E-state index in [1.165, 1.54) is 45.4 Å². The average Bonchev–Trinajstić information content (AvgIpc) is 3.91. The number of rotatable bonds is 9. The normalized spacial score (nSPS) is 11.3. The Morgan fingerprint density at radius 2 is 1.08 bits per heavy atom. The summed E-state index contributed by atoms with van der Waals surface area (Å²) in [6, 6.07) is 7.62. The third-order valence-corrected chi connectivity index (χ3v) is 9.20. The minimum absolute atomic E-state index is 0.0160. The Morgan fingerprint density at radius 1 is 0.692 bits per heavy atom. The number of aromatic amines is 1. The largest absolute Gasteiger partial charge is 0.433 e. The number of nitrogens with zero attached hydrogens (tertiary/aromatic N) is 11. The molecule has 0 spiro atoms. The quantitative estimate of drug-likeness (QED) is 0.0916. The molecule has 276 valence electrons. The first kappa shape index (κ1) is 38.6. The molecule has 0 atom stereocenters. The molecule has 0 fully saturated rings. The number of halogens is 1. The molecule has 6 aromatic rings. The zero-order chi connectivity index (χ0) is 38.7. The van der Waals surface area contributed by atoms with Crippen molar-refractivity contribution in [3.63, 3.8) is 0 Å². The Kier molecular flexibility index (Phi) is 11.1. The third kappa shape index (κ3) is 8.23. The van der Waals surface area contributed by atoms with Crippen LogP contribution in [0.5, 0.6) is 0 Å². The zero-order valence-electron chi connectivity index (χ0n) is 26.3. The Hall–Kier alpha value is -6.17. The van der Waals surface area contributed by atoms with Crippen LogP contribution in [0.15, 0.2) is 60.0 Å². The van der Waals surface area contributed by atoms with Crippen LogP contribution in [0.2, 0.25) is 0 Å². The van der Waals surface area contributed by atoms with E-state index in [4.69, 9.17) is 36.2 Å². The standard InChI is InChI=1S/C8H9N5O5S.C7H5ClN4O5S.C7H6N4O3S/c1-9-19(16,17)8-11-10-7(12(8)2)5-3-4-6(18-5)13(14)15;1-11-6(9-10-7(11)18(8,15)16)4-2-3-5(17-4)12(13)14;1-10-6(8-9-7(10)15)4-2-3-5(14-4)11(12)13/h3-4,9H,1-2H3;2-3H,1H3;2-3H,1H3,(H,9,15). The van der Waals surface area contributed by atoms with Crippen molar-refractivity contribution < 1.29 is 44.9 Å². The van der Waals surface area contributed by atoms with Crippen molar-refractivity contribution >= 4 is 59.6 Å². The van der Waals surface area contributed by atoms with E-state index in [0.29, 0.717) is 16.4 Å². The highest BCUT2D eigenvalue weighted by Crippen LogP contribution is 2.27. The fraction of sp³-hybridized carbons (Fsp3) is 0.182. The summed E-state index contributed by atoms with van der Waals surface area (Å²) in [5.41, 5.74) is 0. The minimum atomic E-state index is -4.04. The van der Waals surface area contributed by atoms with Gasteiger partial charge in [-0.25, -0.2) is 21.6 Å². The average molecular weight is 806 g/mol. The first-order valence-corrected chi connectivity index (χ1v) is 17.5. The van der Waals surface area contributed by atoms with E-state index >= 15 is 0 Å². The molecule has 0 radical (unpaired) electrons. The minimum Gasteiger partial charge on any atom is -0.397 e. The van der Waals surface area contributed by atoms with E-state index in [1.807, 2.05) is 0 Å². The fourth-order valence-corrected chi connectivity index (χ4v) is 5.67. The van der Waals surface area contributed by atoms with E-state index in [2.05, 4.69) is 35.3 Å². The molecule has 6 aromatic heterocycles. The highest BCUT2D eigenvalue weighted by atomic mass is 35.7. The summed E-state index contributed by atoms with van der Waals surface area (Å²) in [5.74, 6) is -0.380. The van der Waals surface area contributed by atoms with Gasteiger partial charge in [0.1, 0.15) is 14.8 Å². The topological polar surface area (TPSA) is 344 Å². The van der Waals surface area contributed by atoms with E-state index in [0.717, 1.165) is 21.3 Å². The number of sulfonamides is 1. The van der Waals surface area contributed by atoms with E-state index < -0.39 is 50.8 Å². The SMILES string of the molecule is CNS(=O)(=O)c1nnc(-c2ccc([N+](=O)[O-])o2)n1C.Cn1c(-c2ccc([N+](=O)[O-])o2)n[nH]c1=S.Cn1c(-c2ccc([N+](=O)[O-])o2)nnc1S(=O)(=O)Cl. The molecule has 0 aliphatic heterocycles. The lowest BCUT2D eigenvalue weighted by Crippen LogP contribution is -2.22. The van der Waals surface area contributed by atoms with Gasteiger partial charge in [-0.1, -0.05) is 0 Å². The van der Waals surface area contributed by atoms with Crippen LogP contribution in [-0.2, 0) is 40.2 Å². The first-order chi connectivity index (χ1) is 24.3. The highest BCUT2D eigenvalue weighted by molar-refractivity contribution is 8.13. The summed E-state index contributed by atoms with van der Waals surface area (Å²) in [6.45, 7) is 0. The fourth-order valence-electron chi connectivity index (χ4n) is 3.80. The third-order valence-electron chi connectivity index (χ3n) is 6.25. The van der Waals surface area contributed by atoms with E-state index in [9.17, 15) is 47.2 Å². The van der Waals surface area contributed by atoms with Gasteiger partial charge in [-0.05, 0) is 37.5 Å². The number of hydrogen-bond donors (Lipinski definition) is 2. The maximum Gasteiger partial charge on any atom is 0.433 e. The number of nitrogens with one attached hydrogen (secondary N) is 2. The van der Waals surface area contributed by atoms with E-state index in [-0.39, 0.29) is 34.2 Å². The molecule has 52 heavy (non-hydrogen) atoms. The summed E-state index contributed by atoms with van der Waals surface area (Å²) >= 11 is 4.90. The molecule has 0 aliphatic carbocycles. The molecule has 0 bridgehead atoms. The Balaban J connectivity index is 0.000000176. The number of H-pyrrole nitrogens is 1. The van der Waals surface area contributed by atoms with Crippen LogP contribution in [-0.4, -0.2) is 82.9 Å². The molecule has 6 heterocycles. The Labute approximate surface area is 297 Å². The van der Waals surface area contributed by atoms with Crippen molar-refractivity contribution in [2.45, 2.75) is 10.3 Å². The monoisotopic (exact) mass is 805 g/mol. The number of furan rings is 3. The second-order valence-corrected chi connectivity index (χ2v) is 14.1. The van der Waals surface area contributed by atoms with Gasteiger partial charge in [-0.2, -0.15) is 5.10 Å². The van der Waals surface area contributed by atoms with Gasteiger partial charge >= 0.3 is 17.7 Å². The summed E-state index contributed by atoms with van der Waals surface area (Å²) in [7, 11) is 3.01. The van der Waals surface area contributed by atoms with Gasteiger partial charge < -0.3 is 17.8 Å². The van der Waals surface area contributed by atoms with Crippen molar-refractivity contribution in [1.82, 2.24) is 49.0 Å². The van der Waals surface area contributed by atoms with Gasteiger partial charge in [0.25, 0.3) is 29.4 Å². The maximum absolute atomic E-state index is 11.6.